The highest BCUT2D eigenvalue weighted by Gasteiger charge is 2.27. The first kappa shape index (κ1) is 21.7. The molecule has 0 spiro atoms. The van der Waals surface area contributed by atoms with Gasteiger partial charge >= 0.3 is 0 Å². The van der Waals surface area contributed by atoms with Crippen molar-refractivity contribution in [2.24, 2.45) is 0 Å². The first-order chi connectivity index (χ1) is 17.0. The van der Waals surface area contributed by atoms with Crippen molar-refractivity contribution in [1.29, 1.82) is 0 Å². The maximum atomic E-state index is 12.2. The molecule has 2 aliphatic rings. The molecular weight excluding hydrogens is 460 g/mol. The second kappa shape index (κ2) is 8.46. The fraction of sp³-hybridized carbons (Fsp3) is 0.222. The van der Waals surface area contributed by atoms with Crippen LogP contribution in [-0.4, -0.2) is 32.9 Å². The molecule has 4 heterocycles. The van der Waals surface area contributed by atoms with Gasteiger partial charge in [-0.1, -0.05) is 6.07 Å². The average molecular weight is 485 g/mol. The molecule has 2 unspecified atom stereocenters. The predicted octanol–water partition coefficient (Wildman–Crippen LogP) is 5.36. The first-order valence-corrected chi connectivity index (χ1v) is 13.1. The van der Waals surface area contributed by atoms with Gasteiger partial charge < -0.3 is 15.0 Å². The van der Waals surface area contributed by atoms with Crippen LogP contribution >= 0.6 is 0 Å². The molecule has 4 aromatic rings. The van der Waals surface area contributed by atoms with Gasteiger partial charge in [0.2, 0.25) is 5.91 Å². The van der Waals surface area contributed by atoms with Crippen LogP contribution in [0.4, 0.5) is 17.2 Å². The minimum atomic E-state index is -1.11. The van der Waals surface area contributed by atoms with Crippen molar-refractivity contribution in [2.45, 2.75) is 30.8 Å². The number of hydrogen-bond acceptors (Lipinski definition) is 6. The van der Waals surface area contributed by atoms with E-state index in [1.54, 1.807) is 12.5 Å². The number of hydrogen-bond donors (Lipinski definition) is 1. The van der Waals surface area contributed by atoms with Crippen molar-refractivity contribution in [3.8, 4) is 16.9 Å². The van der Waals surface area contributed by atoms with Gasteiger partial charge in [0.25, 0.3) is 0 Å². The number of carbonyl (C=O) groups excluding carboxylic acids is 1. The Kier molecular flexibility index (Phi) is 5.25. The molecule has 0 bridgehead atoms. The highest BCUT2D eigenvalue weighted by atomic mass is 32.2. The fourth-order valence-corrected chi connectivity index (χ4v) is 5.61. The van der Waals surface area contributed by atoms with E-state index in [9.17, 15) is 9.00 Å². The molecule has 2 aliphatic heterocycles. The molecule has 35 heavy (non-hydrogen) atoms. The smallest absolute Gasteiger partial charge is 0.227 e. The Bertz CT molecular complexity index is 1520. The average Bonchev–Trinajstić information content (AvgIpc) is 3.29. The number of aromatic nitrogens is 2. The zero-order valence-electron chi connectivity index (χ0n) is 19.4. The molecule has 0 saturated carbocycles. The molecule has 2 aromatic heterocycles. The second-order valence-electron chi connectivity index (χ2n) is 8.87. The zero-order valence-corrected chi connectivity index (χ0v) is 20.3. The summed E-state index contributed by atoms with van der Waals surface area (Å²) in [5.74, 6) is 1.61. The normalized spacial score (nSPS) is 17.6. The Labute approximate surface area is 205 Å². The van der Waals surface area contributed by atoms with Crippen molar-refractivity contribution in [3.63, 3.8) is 0 Å². The van der Waals surface area contributed by atoms with Gasteiger partial charge in [-0.25, -0.2) is 4.98 Å². The third-order valence-corrected chi connectivity index (χ3v) is 7.56. The van der Waals surface area contributed by atoms with E-state index in [1.165, 1.54) is 0 Å². The van der Waals surface area contributed by atoms with Crippen LogP contribution in [0.1, 0.15) is 31.4 Å². The number of ether oxygens (including phenoxy) is 1. The number of nitrogens with zero attached hydrogens (tertiary/aromatic N) is 3. The van der Waals surface area contributed by atoms with E-state index in [4.69, 9.17) is 4.74 Å². The molecule has 2 aromatic carbocycles. The van der Waals surface area contributed by atoms with Gasteiger partial charge in [-0.15, -0.1) is 0 Å². The number of nitrogens with one attached hydrogen (secondary N) is 1. The van der Waals surface area contributed by atoms with Crippen molar-refractivity contribution in [1.82, 2.24) is 9.97 Å². The minimum absolute atomic E-state index is 0.159. The summed E-state index contributed by atoms with van der Waals surface area (Å²) in [4.78, 5) is 23.9. The lowest BCUT2D eigenvalue weighted by molar-refractivity contribution is -0.117. The summed E-state index contributed by atoms with van der Waals surface area (Å²) in [5.41, 5.74) is 5.47. The van der Waals surface area contributed by atoms with E-state index in [0.29, 0.717) is 12.2 Å². The number of pyridine rings is 2. The number of carbonyl (C=O) groups is 1. The van der Waals surface area contributed by atoms with E-state index in [0.717, 1.165) is 62.6 Å². The van der Waals surface area contributed by atoms with Crippen LogP contribution in [0.5, 0.6) is 5.75 Å². The molecule has 1 fully saturated rings. The summed E-state index contributed by atoms with van der Waals surface area (Å²) in [6, 6.07) is 15.5. The van der Waals surface area contributed by atoms with Crippen LogP contribution in [0.15, 0.2) is 65.8 Å². The Morgan fingerprint density at radius 3 is 2.77 bits per heavy atom. The van der Waals surface area contributed by atoms with Crippen molar-refractivity contribution < 1.29 is 13.7 Å². The third kappa shape index (κ3) is 3.83. The second-order valence-corrected chi connectivity index (χ2v) is 10.2. The van der Waals surface area contributed by atoms with Crippen LogP contribution in [0.3, 0.4) is 0 Å². The summed E-state index contributed by atoms with van der Waals surface area (Å²) in [6.45, 7) is 2.76. The Morgan fingerprint density at radius 1 is 1.09 bits per heavy atom. The predicted molar refractivity (Wildman–Crippen MR) is 138 cm³/mol. The maximum absolute atomic E-state index is 12.2. The lowest BCUT2D eigenvalue weighted by atomic mass is 9.94. The number of fused-ring (bicyclic) bond motifs is 4. The number of benzene rings is 2. The standard InChI is InChI=1S/C27H24N4O3S/c1-16-20-13-26(30-17-11-21-23(28-14-17)5-3-6-25(21)35(2)33)29-15-22(20)19-9-8-18(12-24(19)34-16)31-10-4-7-27(31)32/h3,5-6,8-9,11-16H,4,7,10H2,1-2H3,(H,29,30). The topological polar surface area (TPSA) is 84.4 Å². The summed E-state index contributed by atoms with van der Waals surface area (Å²) in [6.07, 6.45) is 6.60. The summed E-state index contributed by atoms with van der Waals surface area (Å²) in [7, 11) is -1.11. The molecule has 0 aliphatic carbocycles. The summed E-state index contributed by atoms with van der Waals surface area (Å²) in [5, 5.41) is 4.19. The number of anilines is 3. The van der Waals surface area contributed by atoms with E-state index in [-0.39, 0.29) is 12.0 Å². The van der Waals surface area contributed by atoms with Gasteiger partial charge in [0, 0.05) is 64.1 Å². The minimum Gasteiger partial charge on any atom is -0.485 e. The molecule has 7 nitrogen and oxygen atoms in total. The molecule has 6 rings (SSSR count). The van der Waals surface area contributed by atoms with Gasteiger partial charge in [0.1, 0.15) is 17.7 Å². The van der Waals surface area contributed by atoms with E-state index in [1.807, 2.05) is 66.6 Å². The zero-order chi connectivity index (χ0) is 24.1. The van der Waals surface area contributed by atoms with Crippen molar-refractivity contribution >= 4 is 44.8 Å². The van der Waals surface area contributed by atoms with Gasteiger partial charge in [0.05, 0.1) is 28.2 Å². The van der Waals surface area contributed by atoms with Gasteiger partial charge in [-0.2, -0.15) is 0 Å². The van der Waals surface area contributed by atoms with Crippen LogP contribution < -0.4 is 15.0 Å². The van der Waals surface area contributed by atoms with Crippen molar-refractivity contribution in [3.05, 3.63) is 66.5 Å². The summed E-state index contributed by atoms with van der Waals surface area (Å²) < 4.78 is 18.4. The molecule has 1 amide bonds. The Morgan fingerprint density at radius 2 is 1.97 bits per heavy atom. The molecule has 0 radical (unpaired) electrons. The molecule has 2 atom stereocenters. The lowest BCUT2D eigenvalue weighted by Crippen LogP contribution is -2.24. The van der Waals surface area contributed by atoms with E-state index < -0.39 is 10.8 Å². The number of amides is 1. The SMILES string of the molecule is CC1Oc2cc(N3CCCC3=O)ccc2-c2cnc(Nc3cnc4cccc(S(C)=O)c4c3)cc21. The highest BCUT2D eigenvalue weighted by Crippen LogP contribution is 2.44. The highest BCUT2D eigenvalue weighted by molar-refractivity contribution is 7.84. The molecule has 1 N–H and O–H groups in total. The van der Waals surface area contributed by atoms with Gasteiger partial charge in [-0.3, -0.25) is 14.0 Å². The molecule has 176 valence electrons. The van der Waals surface area contributed by atoms with Crippen LogP contribution in [0.2, 0.25) is 0 Å². The monoisotopic (exact) mass is 484 g/mol. The summed E-state index contributed by atoms with van der Waals surface area (Å²) >= 11 is 0. The van der Waals surface area contributed by atoms with Crippen LogP contribution in [0.25, 0.3) is 22.0 Å². The van der Waals surface area contributed by atoms with E-state index >= 15 is 0 Å². The third-order valence-electron chi connectivity index (χ3n) is 6.59. The van der Waals surface area contributed by atoms with Gasteiger partial charge in [0.15, 0.2) is 0 Å². The molecule has 1 saturated heterocycles. The van der Waals surface area contributed by atoms with Crippen molar-refractivity contribution in [2.75, 3.05) is 23.0 Å². The van der Waals surface area contributed by atoms with E-state index in [2.05, 4.69) is 15.3 Å². The first-order valence-electron chi connectivity index (χ1n) is 11.6. The maximum Gasteiger partial charge on any atom is 0.227 e. The van der Waals surface area contributed by atoms with Gasteiger partial charge in [-0.05, 0) is 49.7 Å². The quantitative estimate of drug-likeness (QED) is 0.420. The Hall–Kier alpha value is -3.78. The van der Waals surface area contributed by atoms with Crippen LogP contribution in [0, 0.1) is 0 Å². The molecule has 8 heteroatoms. The lowest BCUT2D eigenvalue weighted by Gasteiger charge is -2.28. The Balaban J connectivity index is 1.32. The molecular formula is C27H24N4O3S. The van der Waals surface area contributed by atoms with Crippen LogP contribution in [-0.2, 0) is 15.6 Å². The largest absolute Gasteiger partial charge is 0.485 e. The number of rotatable bonds is 4. The fourth-order valence-electron chi connectivity index (χ4n) is 4.86.